The van der Waals surface area contributed by atoms with Gasteiger partial charge in [-0.15, -0.1) is 0 Å². The number of nitrogens with two attached hydrogens (primary N) is 1. The van der Waals surface area contributed by atoms with Crippen LogP contribution in [0, 0.1) is 0 Å². The van der Waals surface area contributed by atoms with E-state index in [0.717, 1.165) is 19.4 Å². The lowest BCUT2D eigenvalue weighted by Gasteiger charge is -2.37. The molecule has 5 heteroatoms. The van der Waals surface area contributed by atoms with Gasteiger partial charge in [-0.3, -0.25) is 9.69 Å². The number of hydrogen-bond acceptors (Lipinski definition) is 4. The molecule has 0 spiro atoms. The molecule has 2 unspecified atom stereocenters. The van der Waals surface area contributed by atoms with Crippen molar-refractivity contribution in [3.05, 3.63) is 0 Å². The summed E-state index contributed by atoms with van der Waals surface area (Å²) in [4.78, 5) is 13.9. The highest BCUT2D eigenvalue weighted by Gasteiger charge is 2.26. The SMILES string of the molecule is COCCNC(=O)CN1CCCCC1C(C)N. The molecule has 0 aromatic heterocycles. The molecule has 0 radical (unpaired) electrons. The smallest absolute Gasteiger partial charge is 0.234 e. The van der Waals surface area contributed by atoms with Crippen molar-refractivity contribution in [2.75, 3.05) is 33.4 Å². The van der Waals surface area contributed by atoms with Crippen LogP contribution in [0.15, 0.2) is 0 Å². The molecule has 1 saturated heterocycles. The minimum absolute atomic E-state index is 0.0644. The van der Waals surface area contributed by atoms with E-state index >= 15 is 0 Å². The number of ether oxygens (including phenoxy) is 1. The first-order chi connectivity index (χ1) is 8.15. The van der Waals surface area contributed by atoms with Crippen molar-refractivity contribution in [2.45, 2.75) is 38.3 Å². The Morgan fingerprint density at radius 2 is 2.35 bits per heavy atom. The Balaban J connectivity index is 2.34. The molecule has 0 aromatic carbocycles. The molecular formula is C12H25N3O2. The fourth-order valence-corrected chi connectivity index (χ4v) is 2.34. The van der Waals surface area contributed by atoms with E-state index in [2.05, 4.69) is 10.2 Å². The third-order valence-corrected chi connectivity index (χ3v) is 3.25. The Morgan fingerprint density at radius 1 is 1.59 bits per heavy atom. The zero-order chi connectivity index (χ0) is 12.7. The Hall–Kier alpha value is -0.650. The van der Waals surface area contributed by atoms with E-state index in [1.54, 1.807) is 7.11 Å². The first-order valence-corrected chi connectivity index (χ1v) is 6.40. The van der Waals surface area contributed by atoms with Crippen LogP contribution in [0.25, 0.3) is 0 Å². The van der Waals surface area contributed by atoms with Crippen molar-refractivity contribution < 1.29 is 9.53 Å². The van der Waals surface area contributed by atoms with Gasteiger partial charge in [0.15, 0.2) is 0 Å². The maximum atomic E-state index is 11.7. The first-order valence-electron chi connectivity index (χ1n) is 6.40. The van der Waals surface area contributed by atoms with Gasteiger partial charge in [-0.25, -0.2) is 0 Å². The topological polar surface area (TPSA) is 67.6 Å². The first kappa shape index (κ1) is 14.4. The largest absolute Gasteiger partial charge is 0.383 e. The molecule has 0 aromatic rings. The summed E-state index contributed by atoms with van der Waals surface area (Å²) in [5, 5.41) is 2.84. The average Bonchev–Trinajstić information content (AvgIpc) is 2.29. The van der Waals surface area contributed by atoms with Gasteiger partial charge in [0, 0.05) is 25.7 Å². The highest BCUT2D eigenvalue weighted by Crippen LogP contribution is 2.18. The number of carbonyl (C=O) groups is 1. The lowest BCUT2D eigenvalue weighted by Crippen LogP contribution is -2.52. The monoisotopic (exact) mass is 243 g/mol. The van der Waals surface area contributed by atoms with Gasteiger partial charge in [0.05, 0.1) is 13.2 Å². The second-order valence-electron chi connectivity index (χ2n) is 4.74. The van der Waals surface area contributed by atoms with Crippen LogP contribution < -0.4 is 11.1 Å². The van der Waals surface area contributed by atoms with Crippen molar-refractivity contribution >= 4 is 5.91 Å². The lowest BCUT2D eigenvalue weighted by atomic mass is 9.97. The zero-order valence-corrected chi connectivity index (χ0v) is 10.9. The molecular weight excluding hydrogens is 218 g/mol. The average molecular weight is 243 g/mol. The van der Waals surface area contributed by atoms with Crippen molar-refractivity contribution in [1.82, 2.24) is 10.2 Å². The van der Waals surface area contributed by atoms with E-state index < -0.39 is 0 Å². The molecule has 17 heavy (non-hydrogen) atoms. The molecule has 0 aliphatic carbocycles. The van der Waals surface area contributed by atoms with Crippen molar-refractivity contribution in [2.24, 2.45) is 5.73 Å². The number of amides is 1. The number of likely N-dealkylation sites (tertiary alicyclic amines) is 1. The fraction of sp³-hybridized carbons (Fsp3) is 0.917. The summed E-state index contributed by atoms with van der Waals surface area (Å²) in [6, 6.07) is 0.471. The number of carbonyl (C=O) groups excluding carboxylic acids is 1. The van der Waals surface area contributed by atoms with E-state index in [-0.39, 0.29) is 11.9 Å². The van der Waals surface area contributed by atoms with Crippen LogP contribution in [-0.2, 0) is 9.53 Å². The molecule has 1 fully saturated rings. The number of methoxy groups -OCH3 is 1. The quantitative estimate of drug-likeness (QED) is 0.642. The maximum Gasteiger partial charge on any atom is 0.234 e. The summed E-state index contributed by atoms with van der Waals surface area (Å²) >= 11 is 0. The van der Waals surface area contributed by atoms with Gasteiger partial charge in [-0.1, -0.05) is 6.42 Å². The van der Waals surface area contributed by atoms with Crippen LogP contribution in [0.3, 0.4) is 0 Å². The lowest BCUT2D eigenvalue weighted by molar-refractivity contribution is -0.123. The Labute approximate surface area is 104 Å². The standard InChI is InChI=1S/C12H25N3O2/c1-10(13)11-5-3-4-7-15(11)9-12(16)14-6-8-17-2/h10-11H,3-9,13H2,1-2H3,(H,14,16). The molecule has 1 amide bonds. The van der Waals surface area contributed by atoms with Crippen molar-refractivity contribution in [1.29, 1.82) is 0 Å². The number of piperidine rings is 1. The highest BCUT2D eigenvalue weighted by molar-refractivity contribution is 5.78. The maximum absolute atomic E-state index is 11.7. The molecule has 2 atom stereocenters. The summed E-state index contributed by atoms with van der Waals surface area (Å²) in [5.74, 6) is 0.0644. The van der Waals surface area contributed by atoms with Gasteiger partial charge in [0.25, 0.3) is 0 Å². The van der Waals surface area contributed by atoms with Crippen LogP contribution in [-0.4, -0.2) is 56.2 Å². The molecule has 1 aliphatic heterocycles. The molecule has 0 bridgehead atoms. The number of hydrogen-bond donors (Lipinski definition) is 2. The third kappa shape index (κ3) is 5.02. The van der Waals surface area contributed by atoms with Gasteiger partial charge in [-0.05, 0) is 26.3 Å². The van der Waals surface area contributed by atoms with Gasteiger partial charge in [0.2, 0.25) is 5.91 Å². The highest BCUT2D eigenvalue weighted by atomic mass is 16.5. The summed E-state index contributed by atoms with van der Waals surface area (Å²) in [5.41, 5.74) is 5.96. The van der Waals surface area contributed by atoms with Gasteiger partial charge >= 0.3 is 0 Å². The van der Waals surface area contributed by atoms with Crippen LogP contribution in [0.5, 0.6) is 0 Å². The second-order valence-corrected chi connectivity index (χ2v) is 4.74. The van der Waals surface area contributed by atoms with Crippen LogP contribution in [0.2, 0.25) is 0 Å². The Morgan fingerprint density at radius 3 is 3.00 bits per heavy atom. The van der Waals surface area contributed by atoms with Gasteiger partial charge < -0.3 is 15.8 Å². The van der Waals surface area contributed by atoms with E-state index in [1.807, 2.05) is 6.92 Å². The number of nitrogens with zero attached hydrogens (tertiary/aromatic N) is 1. The molecule has 3 N–H and O–H groups in total. The normalized spacial score (nSPS) is 23.4. The van der Waals surface area contributed by atoms with Crippen LogP contribution in [0.4, 0.5) is 0 Å². The molecule has 100 valence electrons. The Bertz CT molecular complexity index is 234. The summed E-state index contributed by atoms with van der Waals surface area (Å²) in [6.45, 7) is 4.58. The predicted molar refractivity (Wildman–Crippen MR) is 67.7 cm³/mol. The number of rotatable bonds is 6. The Kier molecular flexibility index (Phi) is 6.47. The third-order valence-electron chi connectivity index (χ3n) is 3.25. The van der Waals surface area contributed by atoms with E-state index in [0.29, 0.717) is 25.7 Å². The summed E-state index contributed by atoms with van der Waals surface area (Å²) in [6.07, 6.45) is 3.48. The van der Waals surface area contributed by atoms with Crippen LogP contribution >= 0.6 is 0 Å². The minimum atomic E-state index is 0.0644. The fourth-order valence-electron chi connectivity index (χ4n) is 2.34. The molecule has 1 aliphatic rings. The molecule has 1 heterocycles. The van der Waals surface area contributed by atoms with E-state index in [1.165, 1.54) is 6.42 Å². The van der Waals surface area contributed by atoms with Gasteiger partial charge in [0.1, 0.15) is 0 Å². The second kappa shape index (κ2) is 7.63. The van der Waals surface area contributed by atoms with Crippen LogP contribution in [0.1, 0.15) is 26.2 Å². The van der Waals surface area contributed by atoms with Crippen molar-refractivity contribution in [3.63, 3.8) is 0 Å². The van der Waals surface area contributed by atoms with E-state index in [9.17, 15) is 4.79 Å². The molecule has 0 saturated carbocycles. The van der Waals surface area contributed by atoms with E-state index in [4.69, 9.17) is 10.5 Å². The molecule has 1 rings (SSSR count). The summed E-state index contributed by atoms with van der Waals surface area (Å²) in [7, 11) is 1.63. The predicted octanol–water partition coefficient (Wildman–Crippen LogP) is -0.0493. The van der Waals surface area contributed by atoms with Gasteiger partial charge in [-0.2, -0.15) is 0 Å². The number of nitrogens with one attached hydrogen (secondary N) is 1. The molecule has 5 nitrogen and oxygen atoms in total. The summed E-state index contributed by atoms with van der Waals surface area (Å²) < 4.78 is 4.89. The minimum Gasteiger partial charge on any atom is -0.383 e. The zero-order valence-electron chi connectivity index (χ0n) is 10.9. The van der Waals surface area contributed by atoms with Crippen molar-refractivity contribution in [3.8, 4) is 0 Å².